The number of aromatic nitrogens is 1. The van der Waals surface area contributed by atoms with E-state index in [0.717, 1.165) is 17.0 Å². The highest BCUT2D eigenvalue weighted by molar-refractivity contribution is 7.22. The SMILES string of the molecule is N#CCCN(CCC#N)c1ccc(N=Nc2nc3c(Cl)c([N+](=O)[O-])c(Cl)cc3s2)cc1. The monoisotopic (exact) mass is 473 g/mol. The van der Waals surface area contributed by atoms with Gasteiger partial charge in [0.25, 0.3) is 0 Å². The highest BCUT2D eigenvalue weighted by atomic mass is 35.5. The molecule has 0 atom stereocenters. The first-order valence-electron chi connectivity index (χ1n) is 8.88. The average Bonchev–Trinajstić information content (AvgIpc) is 3.16. The summed E-state index contributed by atoms with van der Waals surface area (Å²) in [7, 11) is 0. The molecular weight excluding hydrogens is 461 g/mol. The van der Waals surface area contributed by atoms with Crippen LogP contribution in [0.4, 0.5) is 22.2 Å². The van der Waals surface area contributed by atoms with Crippen LogP contribution in [0.5, 0.6) is 0 Å². The molecule has 0 saturated carbocycles. The number of anilines is 1. The summed E-state index contributed by atoms with van der Waals surface area (Å²) in [5, 5.41) is 37.1. The molecule has 0 aliphatic heterocycles. The van der Waals surface area contributed by atoms with Gasteiger partial charge < -0.3 is 4.90 Å². The lowest BCUT2D eigenvalue weighted by Gasteiger charge is -2.22. The number of nitro groups is 1. The third kappa shape index (κ3) is 5.25. The van der Waals surface area contributed by atoms with Crippen molar-refractivity contribution in [2.24, 2.45) is 10.2 Å². The van der Waals surface area contributed by atoms with Crippen molar-refractivity contribution in [1.29, 1.82) is 10.5 Å². The van der Waals surface area contributed by atoms with Gasteiger partial charge in [0.2, 0.25) is 5.13 Å². The maximum Gasteiger partial charge on any atom is 0.308 e. The quantitative estimate of drug-likeness (QED) is 0.206. The topological polar surface area (TPSA) is 132 Å². The van der Waals surface area contributed by atoms with Gasteiger partial charge in [-0.25, -0.2) is 4.98 Å². The number of nitriles is 2. The molecular formula is C19H13Cl2N7O2S. The van der Waals surface area contributed by atoms with E-state index in [-0.39, 0.29) is 20.7 Å². The highest BCUT2D eigenvalue weighted by Crippen LogP contribution is 2.42. The van der Waals surface area contributed by atoms with Crippen LogP contribution in [0, 0.1) is 32.8 Å². The first kappa shape index (κ1) is 22.4. The minimum atomic E-state index is -0.650. The second kappa shape index (κ2) is 10.1. The number of halogens is 2. The zero-order chi connectivity index (χ0) is 22.4. The predicted octanol–water partition coefficient (Wildman–Crippen LogP) is 6.56. The van der Waals surface area contributed by atoms with Crippen molar-refractivity contribution in [3.8, 4) is 12.1 Å². The summed E-state index contributed by atoms with van der Waals surface area (Å²) in [6.45, 7) is 1.06. The lowest BCUT2D eigenvalue weighted by atomic mass is 10.2. The number of benzene rings is 2. The summed E-state index contributed by atoms with van der Waals surface area (Å²) >= 11 is 13.2. The van der Waals surface area contributed by atoms with Gasteiger partial charge in [0.15, 0.2) is 0 Å². The lowest BCUT2D eigenvalue weighted by Crippen LogP contribution is -2.25. The number of nitro benzene ring substituents is 1. The number of hydrogen-bond acceptors (Lipinski definition) is 9. The van der Waals surface area contributed by atoms with E-state index in [0.29, 0.717) is 36.3 Å². The summed E-state index contributed by atoms with van der Waals surface area (Å²) in [5.74, 6) is 0. The highest BCUT2D eigenvalue weighted by Gasteiger charge is 2.23. The molecule has 3 rings (SSSR count). The molecule has 2 aromatic carbocycles. The second-order valence-electron chi connectivity index (χ2n) is 6.14. The predicted molar refractivity (Wildman–Crippen MR) is 120 cm³/mol. The zero-order valence-electron chi connectivity index (χ0n) is 15.8. The van der Waals surface area contributed by atoms with Crippen molar-refractivity contribution in [3.05, 3.63) is 50.5 Å². The van der Waals surface area contributed by atoms with Gasteiger partial charge in [-0.05, 0) is 30.3 Å². The molecule has 0 aliphatic rings. The Kier molecular flexibility index (Phi) is 7.32. The van der Waals surface area contributed by atoms with E-state index in [1.54, 1.807) is 12.1 Å². The van der Waals surface area contributed by atoms with E-state index in [4.69, 9.17) is 33.7 Å². The molecule has 0 N–H and O–H groups in total. The smallest absolute Gasteiger partial charge is 0.308 e. The normalized spacial score (nSPS) is 10.8. The molecule has 0 bridgehead atoms. The number of rotatable bonds is 8. The molecule has 0 aliphatic carbocycles. The molecule has 3 aromatic rings. The largest absolute Gasteiger partial charge is 0.369 e. The third-order valence-electron chi connectivity index (χ3n) is 4.18. The fourth-order valence-electron chi connectivity index (χ4n) is 2.76. The van der Waals surface area contributed by atoms with Crippen LogP contribution in [-0.2, 0) is 0 Å². The second-order valence-corrected chi connectivity index (χ2v) is 7.94. The molecule has 0 saturated heterocycles. The van der Waals surface area contributed by atoms with E-state index in [2.05, 4.69) is 27.4 Å². The third-order valence-corrected chi connectivity index (χ3v) is 5.71. The summed E-state index contributed by atoms with van der Waals surface area (Å²) in [6, 6.07) is 12.8. The average molecular weight is 474 g/mol. The van der Waals surface area contributed by atoms with Gasteiger partial charge in [-0.3, -0.25) is 10.1 Å². The van der Waals surface area contributed by atoms with Gasteiger partial charge in [-0.1, -0.05) is 34.5 Å². The molecule has 1 heterocycles. The Bertz CT molecular complexity index is 1210. The van der Waals surface area contributed by atoms with Crippen molar-refractivity contribution in [1.82, 2.24) is 4.98 Å². The standard InChI is InChI=1S/C19H13Cl2N7O2S/c20-14-11-15-17(16(21)18(14)28(29)30)24-19(31-15)26-25-12-3-5-13(6-4-12)27(9-1-7-22)10-2-8-23/h3-6,11H,1-2,9-10H2. The number of azo groups is 1. The fourth-order valence-corrected chi connectivity index (χ4v) is 4.35. The summed E-state index contributed by atoms with van der Waals surface area (Å²) < 4.78 is 0.565. The molecule has 0 fully saturated rings. The van der Waals surface area contributed by atoms with Crippen LogP contribution in [0.3, 0.4) is 0 Å². The molecule has 9 nitrogen and oxygen atoms in total. The van der Waals surface area contributed by atoms with Gasteiger partial charge in [0.1, 0.15) is 15.6 Å². The fraction of sp³-hybridized carbons (Fsp3) is 0.211. The van der Waals surface area contributed by atoms with Gasteiger partial charge in [0, 0.05) is 18.8 Å². The van der Waals surface area contributed by atoms with Gasteiger partial charge in [-0.15, -0.1) is 10.2 Å². The first-order valence-corrected chi connectivity index (χ1v) is 10.5. The van der Waals surface area contributed by atoms with Crippen LogP contribution in [0.25, 0.3) is 10.2 Å². The Labute approximate surface area is 190 Å². The Morgan fingerprint density at radius 1 is 1.13 bits per heavy atom. The number of thiazole rings is 1. The van der Waals surface area contributed by atoms with Gasteiger partial charge >= 0.3 is 5.69 Å². The Morgan fingerprint density at radius 2 is 1.77 bits per heavy atom. The maximum atomic E-state index is 11.1. The van der Waals surface area contributed by atoms with Gasteiger partial charge in [-0.2, -0.15) is 10.5 Å². The van der Waals surface area contributed by atoms with Crippen molar-refractivity contribution in [2.45, 2.75) is 12.8 Å². The lowest BCUT2D eigenvalue weighted by molar-refractivity contribution is -0.384. The maximum absolute atomic E-state index is 11.1. The Balaban J connectivity index is 1.81. The van der Waals surface area contributed by atoms with Crippen LogP contribution < -0.4 is 4.90 Å². The van der Waals surface area contributed by atoms with E-state index in [1.165, 1.54) is 6.07 Å². The van der Waals surface area contributed by atoms with E-state index in [1.807, 2.05) is 17.0 Å². The minimum absolute atomic E-state index is 0.0671. The zero-order valence-corrected chi connectivity index (χ0v) is 18.2. The molecule has 31 heavy (non-hydrogen) atoms. The molecule has 0 spiro atoms. The van der Waals surface area contributed by atoms with Crippen molar-refractivity contribution in [3.63, 3.8) is 0 Å². The van der Waals surface area contributed by atoms with Crippen LogP contribution in [0.2, 0.25) is 10.0 Å². The Morgan fingerprint density at radius 3 is 2.35 bits per heavy atom. The van der Waals surface area contributed by atoms with Crippen LogP contribution >= 0.6 is 34.5 Å². The van der Waals surface area contributed by atoms with Crippen molar-refractivity contribution in [2.75, 3.05) is 18.0 Å². The molecule has 0 unspecified atom stereocenters. The molecule has 0 amide bonds. The van der Waals surface area contributed by atoms with Gasteiger partial charge in [0.05, 0.1) is 40.3 Å². The number of fused-ring (bicyclic) bond motifs is 1. The minimum Gasteiger partial charge on any atom is -0.369 e. The molecule has 12 heteroatoms. The van der Waals surface area contributed by atoms with E-state index in [9.17, 15) is 10.1 Å². The molecule has 1 aromatic heterocycles. The van der Waals surface area contributed by atoms with Crippen LogP contribution in [0.15, 0.2) is 40.6 Å². The van der Waals surface area contributed by atoms with Crippen LogP contribution in [-0.4, -0.2) is 23.0 Å². The van der Waals surface area contributed by atoms with Crippen molar-refractivity contribution >= 4 is 66.9 Å². The van der Waals surface area contributed by atoms with Crippen LogP contribution in [0.1, 0.15) is 12.8 Å². The van der Waals surface area contributed by atoms with Crippen molar-refractivity contribution < 1.29 is 4.92 Å². The number of hydrogen-bond donors (Lipinski definition) is 0. The van der Waals surface area contributed by atoms with E-state index < -0.39 is 10.6 Å². The Hall–Kier alpha value is -3.31. The first-order chi connectivity index (χ1) is 14.9. The van der Waals surface area contributed by atoms with E-state index >= 15 is 0 Å². The molecule has 0 radical (unpaired) electrons. The number of nitrogens with zero attached hydrogens (tertiary/aromatic N) is 7. The summed E-state index contributed by atoms with van der Waals surface area (Å²) in [6.07, 6.45) is 0.713. The summed E-state index contributed by atoms with van der Waals surface area (Å²) in [4.78, 5) is 16.7. The summed E-state index contributed by atoms with van der Waals surface area (Å²) in [5.41, 5.74) is 1.30. The molecule has 156 valence electrons.